The molecule has 0 bridgehead atoms. The number of rotatable bonds is 13. The number of nitrogens with one attached hydrogen (secondary N) is 1. The molecule has 10 heteroatoms. The lowest BCUT2D eigenvalue weighted by atomic mass is 10.1. The third-order valence-electron chi connectivity index (χ3n) is 6.19. The minimum absolute atomic E-state index is 0.0222. The van der Waals surface area contributed by atoms with Crippen molar-refractivity contribution in [2.45, 2.75) is 30.4 Å². The zero-order valence-electron chi connectivity index (χ0n) is 20.8. The molecule has 200 valence electrons. The Morgan fingerprint density at radius 2 is 1.76 bits per heavy atom. The van der Waals surface area contributed by atoms with Crippen LogP contribution in [0.1, 0.15) is 28.0 Å². The molecule has 0 aliphatic carbocycles. The molecular formula is C28H31N3O6S. The first-order chi connectivity index (χ1) is 18.2. The number of primary sulfonamides is 1. The highest BCUT2D eigenvalue weighted by Crippen LogP contribution is 2.29. The summed E-state index contributed by atoms with van der Waals surface area (Å²) in [7, 11) is -3.88. The van der Waals surface area contributed by atoms with Gasteiger partial charge in [-0.3, -0.25) is 0 Å². The molecule has 0 aliphatic heterocycles. The Morgan fingerprint density at radius 3 is 2.50 bits per heavy atom. The quantitative estimate of drug-likeness (QED) is 0.192. The molecule has 5 N–H and O–H groups in total. The smallest absolute Gasteiger partial charge is 0.352 e. The molecule has 1 heterocycles. The van der Waals surface area contributed by atoms with Gasteiger partial charge in [-0.15, -0.1) is 0 Å². The highest BCUT2D eigenvalue weighted by Gasteiger charge is 2.22. The van der Waals surface area contributed by atoms with Crippen LogP contribution >= 0.6 is 0 Å². The summed E-state index contributed by atoms with van der Waals surface area (Å²) in [6, 6.07) is 22.9. The van der Waals surface area contributed by atoms with Gasteiger partial charge in [0.15, 0.2) is 0 Å². The standard InChI is InChI=1S/C28H31N3O6S/c29-38(35,36)23-11-6-8-20(16-23)18-31-26-14-5-4-12-24(26)25(27(31)28(33)34)13-7-15-30-17-21(32)19-37-22-9-2-1-3-10-22/h1-6,8-12,14,16,21,30,32H,7,13,15,17-19H2,(H,33,34)(H2,29,35,36). The van der Waals surface area contributed by atoms with E-state index < -0.39 is 22.1 Å². The number of ether oxygens (including phenoxy) is 1. The molecule has 1 aromatic heterocycles. The van der Waals surface area contributed by atoms with Crippen LogP contribution in [0.2, 0.25) is 0 Å². The second-order valence-corrected chi connectivity index (χ2v) is 10.6. The number of hydrogen-bond donors (Lipinski definition) is 4. The summed E-state index contributed by atoms with van der Waals surface area (Å²) in [5, 5.41) is 29.6. The predicted octanol–water partition coefficient (Wildman–Crippen LogP) is 3.00. The summed E-state index contributed by atoms with van der Waals surface area (Å²) in [4.78, 5) is 12.4. The van der Waals surface area contributed by atoms with Crippen LogP contribution in [-0.4, -0.2) is 55.0 Å². The molecular weight excluding hydrogens is 506 g/mol. The fourth-order valence-corrected chi connectivity index (χ4v) is 5.05. The molecule has 38 heavy (non-hydrogen) atoms. The monoisotopic (exact) mass is 537 g/mol. The minimum atomic E-state index is -3.88. The molecule has 0 fully saturated rings. The number of aryl methyl sites for hydroxylation is 1. The molecule has 0 radical (unpaired) electrons. The van der Waals surface area contributed by atoms with Crippen molar-refractivity contribution < 1.29 is 28.2 Å². The van der Waals surface area contributed by atoms with Crippen molar-refractivity contribution in [3.05, 3.63) is 95.7 Å². The largest absolute Gasteiger partial charge is 0.491 e. The molecule has 0 saturated heterocycles. The fourth-order valence-electron chi connectivity index (χ4n) is 4.47. The van der Waals surface area contributed by atoms with Gasteiger partial charge in [-0.1, -0.05) is 48.5 Å². The van der Waals surface area contributed by atoms with Gasteiger partial charge in [0.05, 0.1) is 4.90 Å². The van der Waals surface area contributed by atoms with Gasteiger partial charge in [-0.25, -0.2) is 18.4 Å². The number of carboxylic acid groups (broad SMARTS) is 1. The first-order valence-electron chi connectivity index (χ1n) is 12.3. The lowest BCUT2D eigenvalue weighted by Crippen LogP contribution is -2.32. The first-order valence-corrected chi connectivity index (χ1v) is 13.8. The van der Waals surface area contributed by atoms with Gasteiger partial charge in [0.1, 0.15) is 24.2 Å². The van der Waals surface area contributed by atoms with Gasteiger partial charge in [-0.05, 0) is 60.8 Å². The number of sulfonamides is 1. The topological polar surface area (TPSA) is 144 Å². The molecule has 4 aromatic rings. The zero-order chi connectivity index (χ0) is 27.1. The Kier molecular flexibility index (Phi) is 8.80. The number of aromatic nitrogens is 1. The van der Waals surface area contributed by atoms with E-state index in [1.807, 2.05) is 54.6 Å². The Hall–Kier alpha value is -3.70. The first kappa shape index (κ1) is 27.3. The van der Waals surface area contributed by atoms with Crippen LogP contribution in [0.15, 0.2) is 83.8 Å². The molecule has 4 rings (SSSR count). The van der Waals surface area contributed by atoms with E-state index in [2.05, 4.69) is 5.32 Å². The Bertz CT molecular complexity index is 1500. The SMILES string of the molecule is NS(=O)(=O)c1cccc(Cn2c(C(=O)O)c(CCCNCC(O)COc3ccccc3)c3ccccc32)c1. The van der Waals surface area contributed by atoms with Gasteiger partial charge in [0.2, 0.25) is 10.0 Å². The Balaban J connectivity index is 1.44. The number of nitrogens with zero attached hydrogens (tertiary/aromatic N) is 1. The van der Waals surface area contributed by atoms with Gasteiger partial charge in [0.25, 0.3) is 0 Å². The molecule has 0 aliphatic rings. The highest BCUT2D eigenvalue weighted by atomic mass is 32.2. The second-order valence-electron chi connectivity index (χ2n) is 9.01. The minimum Gasteiger partial charge on any atom is -0.491 e. The lowest BCUT2D eigenvalue weighted by molar-refractivity contribution is 0.0685. The average Bonchev–Trinajstić information content (AvgIpc) is 3.21. The van der Waals surface area contributed by atoms with Crippen molar-refractivity contribution in [1.29, 1.82) is 0 Å². The fraction of sp³-hybridized carbons (Fsp3) is 0.250. The van der Waals surface area contributed by atoms with Crippen LogP contribution < -0.4 is 15.2 Å². The van der Waals surface area contributed by atoms with Crippen LogP contribution in [0.25, 0.3) is 10.9 Å². The van der Waals surface area contributed by atoms with E-state index in [0.29, 0.717) is 42.8 Å². The summed E-state index contributed by atoms with van der Waals surface area (Å²) < 4.78 is 30.9. The number of nitrogens with two attached hydrogens (primary N) is 1. The van der Waals surface area contributed by atoms with Gasteiger partial charge in [0, 0.05) is 24.0 Å². The molecule has 9 nitrogen and oxygen atoms in total. The van der Waals surface area contributed by atoms with Gasteiger partial charge < -0.3 is 24.8 Å². The molecule has 3 aromatic carbocycles. The average molecular weight is 538 g/mol. The summed E-state index contributed by atoms with van der Waals surface area (Å²) in [5.74, 6) is -0.360. The third-order valence-corrected chi connectivity index (χ3v) is 7.10. The molecule has 0 spiro atoms. The van der Waals surface area contributed by atoms with Crippen LogP contribution in [0, 0.1) is 0 Å². The molecule has 0 amide bonds. The number of carboxylic acids is 1. The molecule has 1 unspecified atom stereocenters. The van der Waals surface area contributed by atoms with Crippen molar-refractivity contribution in [3.63, 3.8) is 0 Å². The van der Waals surface area contributed by atoms with Crippen LogP contribution in [0.3, 0.4) is 0 Å². The van der Waals surface area contributed by atoms with E-state index in [-0.39, 0.29) is 23.7 Å². The van der Waals surface area contributed by atoms with Crippen molar-refractivity contribution in [2.75, 3.05) is 19.7 Å². The maximum absolute atomic E-state index is 12.4. The predicted molar refractivity (Wildman–Crippen MR) is 145 cm³/mol. The summed E-state index contributed by atoms with van der Waals surface area (Å²) in [5.41, 5.74) is 2.26. The van der Waals surface area contributed by atoms with Crippen molar-refractivity contribution in [1.82, 2.24) is 9.88 Å². The van der Waals surface area contributed by atoms with Crippen molar-refractivity contribution in [3.8, 4) is 5.75 Å². The maximum atomic E-state index is 12.4. The van der Waals surface area contributed by atoms with Crippen LogP contribution in [0.4, 0.5) is 0 Å². The van der Waals surface area contributed by atoms with Gasteiger partial charge >= 0.3 is 5.97 Å². The maximum Gasteiger partial charge on any atom is 0.352 e. The van der Waals surface area contributed by atoms with E-state index in [9.17, 15) is 23.4 Å². The Morgan fingerprint density at radius 1 is 1.03 bits per heavy atom. The number of aromatic carboxylic acids is 1. The summed E-state index contributed by atoms with van der Waals surface area (Å²) >= 11 is 0. The zero-order valence-corrected chi connectivity index (χ0v) is 21.6. The van der Waals surface area contributed by atoms with E-state index in [0.717, 1.165) is 10.9 Å². The van der Waals surface area contributed by atoms with Crippen LogP contribution in [-0.2, 0) is 23.0 Å². The summed E-state index contributed by atoms with van der Waals surface area (Å²) in [6.45, 7) is 1.27. The van der Waals surface area contributed by atoms with Gasteiger partial charge in [-0.2, -0.15) is 0 Å². The number of fused-ring (bicyclic) bond motifs is 1. The lowest BCUT2D eigenvalue weighted by Gasteiger charge is -2.13. The van der Waals surface area contributed by atoms with E-state index in [1.165, 1.54) is 12.1 Å². The summed E-state index contributed by atoms with van der Waals surface area (Å²) in [6.07, 6.45) is 0.483. The Labute approximate surface area is 221 Å². The highest BCUT2D eigenvalue weighted by molar-refractivity contribution is 7.89. The number of para-hydroxylation sites is 2. The number of hydrogen-bond acceptors (Lipinski definition) is 6. The molecule has 1 atom stereocenters. The third kappa shape index (κ3) is 6.78. The number of benzene rings is 3. The van der Waals surface area contributed by atoms with Crippen molar-refractivity contribution >= 4 is 26.9 Å². The van der Waals surface area contributed by atoms with E-state index >= 15 is 0 Å². The van der Waals surface area contributed by atoms with E-state index in [4.69, 9.17) is 9.88 Å². The number of aliphatic hydroxyl groups is 1. The second kappa shape index (κ2) is 12.2. The number of carbonyl (C=O) groups is 1. The van der Waals surface area contributed by atoms with Crippen molar-refractivity contribution in [2.24, 2.45) is 5.14 Å². The molecule has 0 saturated carbocycles. The van der Waals surface area contributed by atoms with E-state index in [1.54, 1.807) is 16.7 Å². The van der Waals surface area contributed by atoms with Crippen LogP contribution in [0.5, 0.6) is 5.75 Å². The number of aliphatic hydroxyl groups excluding tert-OH is 1. The normalized spacial score (nSPS) is 12.5.